The molecule has 7 nitrogen and oxygen atoms in total. The third kappa shape index (κ3) is 6.78. The van der Waals surface area contributed by atoms with Crippen molar-refractivity contribution in [3.63, 3.8) is 0 Å². The third-order valence-electron chi connectivity index (χ3n) is 10.0. The number of hydrogen-bond donors (Lipinski definition) is 0. The number of aromatic nitrogens is 7. The Hall–Kier alpha value is -7.79. The van der Waals surface area contributed by atoms with Gasteiger partial charge in [0.1, 0.15) is 34.9 Å². The van der Waals surface area contributed by atoms with Crippen LogP contribution in [0.2, 0.25) is 0 Å². The summed E-state index contributed by atoms with van der Waals surface area (Å²) in [6, 6.07) is 39.0. The topological polar surface area (TPSA) is 74.3 Å². The fourth-order valence-electron chi connectivity index (χ4n) is 7.34. The van der Waals surface area contributed by atoms with Gasteiger partial charge in [0.25, 0.3) is 0 Å². The minimum Gasteiger partial charge on any atom is -0.292 e. The molecule has 0 radical (unpaired) electrons. The molecule has 0 saturated carbocycles. The SMILES string of the molecule is Fc1cc(F)cc(-c2nc3c(n2-c2ccc(-c4nc(-c5ccccc5)nc(-c5ccc(-n6c(-c7cc(F)cc(F)c7)nc7ccccc76)cc5)n4)cc2)C=CCC=C3)c1. The van der Waals surface area contributed by atoms with Crippen LogP contribution in [0, 0.1) is 23.3 Å². The summed E-state index contributed by atoms with van der Waals surface area (Å²) in [5.74, 6) is -0.652. The number of rotatable bonds is 7. The summed E-state index contributed by atoms with van der Waals surface area (Å²) in [5, 5.41) is 0. The van der Waals surface area contributed by atoms with Gasteiger partial charge in [-0.15, -0.1) is 0 Å². The van der Waals surface area contributed by atoms with E-state index in [2.05, 4.69) is 0 Å². The standard InChI is InChI=1S/C48H29F4N7/c49-34-23-32(24-35(50)27-34)47-53-40-11-5-2-6-13-42(40)58(47)38-19-15-30(16-20-38)45-55-44(29-9-3-1-4-10-29)56-46(57-45)31-17-21-39(22-18-31)59-43-14-8-7-12-41(43)54-48(59)33-25-36(51)28-37(52)26-33/h1,3-28H,2H2. The molecule has 3 heterocycles. The Morgan fingerprint density at radius 1 is 0.407 bits per heavy atom. The first-order valence-electron chi connectivity index (χ1n) is 18.7. The number of fused-ring (bicyclic) bond motifs is 2. The lowest BCUT2D eigenvalue weighted by molar-refractivity contribution is 0.583. The van der Waals surface area contributed by atoms with Crippen molar-refractivity contribution >= 4 is 23.2 Å². The summed E-state index contributed by atoms with van der Waals surface area (Å²) in [6.45, 7) is 0. The van der Waals surface area contributed by atoms with Gasteiger partial charge in [0.2, 0.25) is 0 Å². The van der Waals surface area contributed by atoms with Crippen molar-refractivity contribution in [2.45, 2.75) is 6.42 Å². The van der Waals surface area contributed by atoms with Crippen LogP contribution in [-0.4, -0.2) is 34.1 Å². The second-order valence-corrected chi connectivity index (χ2v) is 13.9. The van der Waals surface area contributed by atoms with Gasteiger partial charge < -0.3 is 0 Å². The molecule has 0 amide bonds. The van der Waals surface area contributed by atoms with Crippen molar-refractivity contribution in [3.05, 3.63) is 186 Å². The summed E-state index contributed by atoms with van der Waals surface area (Å²) >= 11 is 0. The van der Waals surface area contributed by atoms with Crippen LogP contribution < -0.4 is 0 Å². The molecule has 0 atom stereocenters. The van der Waals surface area contributed by atoms with Gasteiger partial charge in [-0.1, -0.05) is 54.6 Å². The number of hydrogen-bond acceptors (Lipinski definition) is 5. The summed E-state index contributed by atoms with van der Waals surface area (Å²) in [5.41, 5.74) is 7.19. The second kappa shape index (κ2) is 14.6. The van der Waals surface area contributed by atoms with Crippen molar-refractivity contribution in [2.75, 3.05) is 0 Å². The molecule has 0 saturated heterocycles. The van der Waals surface area contributed by atoms with Crippen LogP contribution in [-0.2, 0) is 0 Å². The predicted molar refractivity (Wildman–Crippen MR) is 221 cm³/mol. The first kappa shape index (κ1) is 35.6. The monoisotopic (exact) mass is 779 g/mol. The Morgan fingerprint density at radius 2 is 0.881 bits per heavy atom. The summed E-state index contributed by atoms with van der Waals surface area (Å²) < 4.78 is 61.4. The zero-order chi connectivity index (χ0) is 40.0. The molecule has 0 bridgehead atoms. The molecule has 1 aliphatic rings. The highest BCUT2D eigenvalue weighted by Gasteiger charge is 2.21. The van der Waals surface area contributed by atoms with Crippen LogP contribution in [0.4, 0.5) is 17.6 Å². The Balaban J connectivity index is 1.06. The van der Waals surface area contributed by atoms with E-state index >= 15 is 0 Å². The number of nitrogens with zero attached hydrogens (tertiary/aromatic N) is 7. The average Bonchev–Trinajstić information content (AvgIpc) is 3.73. The molecular weight excluding hydrogens is 751 g/mol. The normalized spacial score (nSPS) is 12.2. The smallest absolute Gasteiger partial charge is 0.164 e. The lowest BCUT2D eigenvalue weighted by atomic mass is 10.1. The summed E-state index contributed by atoms with van der Waals surface area (Å²) in [4.78, 5) is 24.3. The van der Waals surface area contributed by atoms with Gasteiger partial charge in [0.05, 0.1) is 22.4 Å². The van der Waals surface area contributed by atoms with E-state index in [4.69, 9.17) is 24.9 Å². The molecule has 0 spiro atoms. The Morgan fingerprint density at radius 3 is 1.46 bits per heavy atom. The maximum atomic E-state index is 14.4. The van der Waals surface area contributed by atoms with Crippen LogP contribution in [0.25, 0.3) is 91.5 Å². The Kier molecular flexibility index (Phi) is 8.82. The Labute approximate surface area is 335 Å². The van der Waals surface area contributed by atoms with Crippen LogP contribution in [0.15, 0.2) is 152 Å². The molecule has 0 fully saturated rings. The van der Waals surface area contributed by atoms with Crippen LogP contribution in [0.1, 0.15) is 17.8 Å². The molecule has 10 rings (SSSR count). The minimum absolute atomic E-state index is 0.305. The predicted octanol–water partition coefficient (Wildman–Crippen LogP) is 11.7. The highest BCUT2D eigenvalue weighted by molar-refractivity contribution is 5.83. The zero-order valence-corrected chi connectivity index (χ0v) is 30.9. The first-order chi connectivity index (χ1) is 28.8. The highest BCUT2D eigenvalue weighted by atomic mass is 19.1. The molecule has 3 aromatic heterocycles. The molecule has 284 valence electrons. The molecule has 59 heavy (non-hydrogen) atoms. The van der Waals surface area contributed by atoms with Gasteiger partial charge in [-0.3, -0.25) is 9.13 Å². The minimum atomic E-state index is -0.695. The second-order valence-electron chi connectivity index (χ2n) is 13.9. The van der Waals surface area contributed by atoms with Gasteiger partial charge in [-0.05, 0) is 104 Å². The lowest BCUT2D eigenvalue weighted by Crippen LogP contribution is -2.02. The fourth-order valence-corrected chi connectivity index (χ4v) is 7.34. The molecule has 1 aliphatic carbocycles. The van der Waals surface area contributed by atoms with Crippen molar-refractivity contribution in [1.29, 1.82) is 0 Å². The summed E-state index contributed by atoms with van der Waals surface area (Å²) in [6.07, 6.45) is 8.59. The Bertz CT molecular complexity index is 3070. The lowest BCUT2D eigenvalue weighted by Gasteiger charge is -2.13. The molecule has 0 aliphatic heterocycles. The van der Waals surface area contributed by atoms with Crippen LogP contribution in [0.3, 0.4) is 0 Å². The number of para-hydroxylation sites is 2. The number of imidazole rings is 2. The first-order valence-corrected chi connectivity index (χ1v) is 18.7. The zero-order valence-electron chi connectivity index (χ0n) is 30.9. The van der Waals surface area contributed by atoms with Crippen LogP contribution in [0.5, 0.6) is 0 Å². The molecule has 9 aromatic rings. The maximum absolute atomic E-state index is 14.4. The van der Waals surface area contributed by atoms with E-state index in [1.54, 1.807) is 0 Å². The van der Waals surface area contributed by atoms with E-state index in [1.165, 1.54) is 24.3 Å². The molecule has 6 aromatic carbocycles. The van der Waals surface area contributed by atoms with E-state index < -0.39 is 23.3 Å². The van der Waals surface area contributed by atoms with Crippen LogP contribution >= 0.6 is 0 Å². The van der Waals surface area contributed by atoms with E-state index in [0.29, 0.717) is 62.6 Å². The number of allylic oxidation sites excluding steroid dienone is 2. The molecular formula is C48H29F4N7. The van der Waals surface area contributed by atoms with E-state index in [0.717, 1.165) is 46.7 Å². The van der Waals surface area contributed by atoms with Gasteiger partial charge in [-0.25, -0.2) is 42.5 Å². The summed E-state index contributed by atoms with van der Waals surface area (Å²) in [7, 11) is 0. The quantitative estimate of drug-likeness (QED) is 0.151. The largest absolute Gasteiger partial charge is 0.292 e. The molecule has 11 heteroatoms. The van der Waals surface area contributed by atoms with E-state index in [1.807, 2.05) is 137 Å². The average molecular weight is 780 g/mol. The van der Waals surface area contributed by atoms with E-state index in [-0.39, 0.29) is 0 Å². The van der Waals surface area contributed by atoms with Crippen molar-refractivity contribution < 1.29 is 17.6 Å². The van der Waals surface area contributed by atoms with E-state index in [9.17, 15) is 17.6 Å². The molecule has 0 N–H and O–H groups in total. The highest BCUT2D eigenvalue weighted by Crippen LogP contribution is 2.34. The number of benzene rings is 6. The molecule has 0 unspecified atom stereocenters. The fraction of sp³-hybridized carbons (Fsp3) is 0.0208. The van der Waals surface area contributed by atoms with Gasteiger partial charge in [-0.2, -0.15) is 0 Å². The van der Waals surface area contributed by atoms with Gasteiger partial charge >= 0.3 is 0 Å². The van der Waals surface area contributed by atoms with Crippen molar-refractivity contribution in [3.8, 4) is 68.3 Å². The number of halogens is 4. The van der Waals surface area contributed by atoms with Crippen molar-refractivity contribution in [1.82, 2.24) is 34.1 Å². The van der Waals surface area contributed by atoms with Gasteiger partial charge in [0.15, 0.2) is 17.5 Å². The van der Waals surface area contributed by atoms with Crippen molar-refractivity contribution in [2.24, 2.45) is 0 Å². The maximum Gasteiger partial charge on any atom is 0.164 e. The third-order valence-corrected chi connectivity index (χ3v) is 10.0. The van der Waals surface area contributed by atoms with Gasteiger partial charge in [0, 0.05) is 51.3 Å².